The molecular weight excluding hydrogens is 273 g/mol. The molecule has 0 radical (unpaired) electrons. The lowest BCUT2D eigenvalue weighted by Crippen LogP contribution is -2.22. The first-order valence-corrected chi connectivity index (χ1v) is 6.55. The van der Waals surface area contributed by atoms with Gasteiger partial charge in [0.1, 0.15) is 11.6 Å². The van der Waals surface area contributed by atoms with Gasteiger partial charge in [-0.15, -0.1) is 0 Å². The maximum absolute atomic E-state index is 13.2. The SMILES string of the molecule is Cn1ccnc1CCNCc1ccc(F)cc1C(N)=NO. The number of hydrogen-bond acceptors (Lipinski definition) is 4. The van der Waals surface area contributed by atoms with Crippen molar-refractivity contribution in [2.75, 3.05) is 6.54 Å². The monoisotopic (exact) mass is 291 g/mol. The second kappa shape index (κ2) is 6.85. The molecule has 0 spiro atoms. The van der Waals surface area contributed by atoms with E-state index in [-0.39, 0.29) is 5.84 Å². The predicted molar refractivity (Wildman–Crippen MR) is 77.5 cm³/mol. The molecule has 0 amide bonds. The number of benzene rings is 1. The molecule has 0 bridgehead atoms. The van der Waals surface area contributed by atoms with Crippen LogP contribution in [0.2, 0.25) is 0 Å². The molecule has 112 valence electrons. The summed E-state index contributed by atoms with van der Waals surface area (Å²) >= 11 is 0. The Morgan fingerprint density at radius 3 is 3.00 bits per heavy atom. The normalized spacial score (nSPS) is 11.8. The summed E-state index contributed by atoms with van der Waals surface area (Å²) in [7, 11) is 1.94. The van der Waals surface area contributed by atoms with Crippen molar-refractivity contribution in [2.45, 2.75) is 13.0 Å². The zero-order valence-electron chi connectivity index (χ0n) is 11.8. The molecule has 0 aliphatic carbocycles. The number of aryl methyl sites for hydroxylation is 1. The molecule has 1 aromatic carbocycles. The van der Waals surface area contributed by atoms with Gasteiger partial charge >= 0.3 is 0 Å². The first kappa shape index (κ1) is 15.0. The van der Waals surface area contributed by atoms with E-state index in [4.69, 9.17) is 10.9 Å². The number of hydrogen-bond donors (Lipinski definition) is 3. The van der Waals surface area contributed by atoms with Crippen LogP contribution in [0, 0.1) is 5.82 Å². The summed E-state index contributed by atoms with van der Waals surface area (Å²) < 4.78 is 15.2. The van der Waals surface area contributed by atoms with Crippen LogP contribution in [0.3, 0.4) is 0 Å². The standard InChI is InChI=1S/C14H18FN5O/c1-20-7-6-18-13(20)4-5-17-9-10-2-3-11(15)8-12(10)14(16)19-21/h2-3,6-8,17,21H,4-5,9H2,1H3,(H2,16,19). The Hall–Kier alpha value is -2.41. The molecule has 1 aromatic heterocycles. The number of rotatable bonds is 6. The zero-order chi connectivity index (χ0) is 15.2. The molecule has 21 heavy (non-hydrogen) atoms. The molecule has 0 saturated carbocycles. The van der Waals surface area contributed by atoms with Gasteiger partial charge in [0.15, 0.2) is 5.84 Å². The maximum atomic E-state index is 13.2. The van der Waals surface area contributed by atoms with Crippen molar-refractivity contribution in [1.82, 2.24) is 14.9 Å². The molecule has 6 nitrogen and oxygen atoms in total. The maximum Gasteiger partial charge on any atom is 0.170 e. The lowest BCUT2D eigenvalue weighted by molar-refractivity contribution is 0.318. The van der Waals surface area contributed by atoms with E-state index in [9.17, 15) is 4.39 Å². The third-order valence-electron chi connectivity index (χ3n) is 3.22. The summed E-state index contributed by atoms with van der Waals surface area (Å²) in [6.45, 7) is 1.22. The van der Waals surface area contributed by atoms with Crippen LogP contribution < -0.4 is 11.1 Å². The van der Waals surface area contributed by atoms with Gasteiger partial charge in [0.25, 0.3) is 0 Å². The molecule has 0 saturated heterocycles. The first-order chi connectivity index (χ1) is 10.1. The molecule has 2 rings (SSSR count). The van der Waals surface area contributed by atoms with Crippen molar-refractivity contribution < 1.29 is 9.60 Å². The fourth-order valence-corrected chi connectivity index (χ4v) is 2.06. The van der Waals surface area contributed by atoms with Gasteiger partial charge in [-0.25, -0.2) is 9.37 Å². The van der Waals surface area contributed by atoms with E-state index in [1.54, 1.807) is 12.3 Å². The van der Waals surface area contributed by atoms with E-state index in [0.717, 1.165) is 24.4 Å². The van der Waals surface area contributed by atoms with E-state index in [1.807, 2.05) is 17.8 Å². The van der Waals surface area contributed by atoms with Crippen LogP contribution >= 0.6 is 0 Å². The summed E-state index contributed by atoms with van der Waals surface area (Å²) in [5, 5.41) is 14.9. The number of nitrogens with one attached hydrogen (secondary N) is 1. The lowest BCUT2D eigenvalue weighted by atomic mass is 10.1. The minimum absolute atomic E-state index is 0.101. The molecule has 0 aliphatic rings. The van der Waals surface area contributed by atoms with Crippen molar-refractivity contribution in [3.63, 3.8) is 0 Å². The van der Waals surface area contributed by atoms with Crippen molar-refractivity contribution in [3.05, 3.63) is 53.4 Å². The number of nitrogens with zero attached hydrogens (tertiary/aromatic N) is 3. The molecular formula is C14H18FN5O. The molecule has 0 unspecified atom stereocenters. The summed E-state index contributed by atoms with van der Waals surface area (Å²) in [6, 6.07) is 4.23. The molecule has 4 N–H and O–H groups in total. The van der Waals surface area contributed by atoms with Gasteiger partial charge in [0, 0.05) is 44.5 Å². The van der Waals surface area contributed by atoms with Gasteiger partial charge in [0.2, 0.25) is 0 Å². The summed E-state index contributed by atoms with van der Waals surface area (Å²) in [4.78, 5) is 4.23. The molecule has 0 aliphatic heterocycles. The largest absolute Gasteiger partial charge is 0.409 e. The van der Waals surface area contributed by atoms with E-state index in [2.05, 4.69) is 15.5 Å². The van der Waals surface area contributed by atoms with Crippen molar-refractivity contribution in [2.24, 2.45) is 17.9 Å². The van der Waals surface area contributed by atoms with E-state index in [0.29, 0.717) is 12.1 Å². The van der Waals surface area contributed by atoms with Crippen LogP contribution in [-0.2, 0) is 20.0 Å². The first-order valence-electron chi connectivity index (χ1n) is 6.55. The Morgan fingerprint density at radius 1 is 1.52 bits per heavy atom. The minimum atomic E-state index is -0.423. The Kier molecular flexibility index (Phi) is 4.89. The summed E-state index contributed by atoms with van der Waals surface area (Å²) in [6.07, 6.45) is 4.43. The Bertz CT molecular complexity index is 638. The van der Waals surface area contributed by atoms with Crippen molar-refractivity contribution in [3.8, 4) is 0 Å². The van der Waals surface area contributed by atoms with Crippen LogP contribution in [0.1, 0.15) is 17.0 Å². The lowest BCUT2D eigenvalue weighted by Gasteiger charge is -2.10. The highest BCUT2D eigenvalue weighted by Gasteiger charge is 2.08. The third-order valence-corrected chi connectivity index (χ3v) is 3.22. The van der Waals surface area contributed by atoms with Crippen LogP contribution in [0.4, 0.5) is 4.39 Å². The topological polar surface area (TPSA) is 88.5 Å². The summed E-state index contributed by atoms with van der Waals surface area (Å²) in [5.41, 5.74) is 6.72. The van der Waals surface area contributed by atoms with Crippen LogP contribution in [0.15, 0.2) is 35.7 Å². The highest BCUT2D eigenvalue weighted by Crippen LogP contribution is 2.11. The van der Waals surface area contributed by atoms with E-state index >= 15 is 0 Å². The quantitative estimate of drug-likeness (QED) is 0.243. The fourth-order valence-electron chi connectivity index (χ4n) is 2.06. The second-order valence-electron chi connectivity index (χ2n) is 4.67. The second-order valence-corrected chi connectivity index (χ2v) is 4.67. The van der Waals surface area contributed by atoms with Crippen molar-refractivity contribution >= 4 is 5.84 Å². The van der Waals surface area contributed by atoms with Gasteiger partial charge in [-0.05, 0) is 17.7 Å². The summed E-state index contributed by atoms with van der Waals surface area (Å²) in [5.74, 6) is 0.460. The van der Waals surface area contributed by atoms with Gasteiger partial charge < -0.3 is 20.8 Å². The van der Waals surface area contributed by atoms with Gasteiger partial charge in [0.05, 0.1) is 0 Å². The minimum Gasteiger partial charge on any atom is -0.409 e. The predicted octanol–water partition coefficient (Wildman–Crippen LogP) is 0.986. The Balaban J connectivity index is 1.95. The van der Waals surface area contributed by atoms with Crippen LogP contribution in [-0.4, -0.2) is 27.1 Å². The molecule has 1 heterocycles. The average Bonchev–Trinajstić information content (AvgIpc) is 2.89. The Morgan fingerprint density at radius 2 is 2.33 bits per heavy atom. The average molecular weight is 291 g/mol. The van der Waals surface area contributed by atoms with Crippen LogP contribution in [0.5, 0.6) is 0 Å². The van der Waals surface area contributed by atoms with Gasteiger partial charge in [-0.3, -0.25) is 0 Å². The molecule has 7 heteroatoms. The van der Waals surface area contributed by atoms with E-state index in [1.165, 1.54) is 12.1 Å². The highest BCUT2D eigenvalue weighted by atomic mass is 19.1. The van der Waals surface area contributed by atoms with Crippen molar-refractivity contribution in [1.29, 1.82) is 0 Å². The molecule has 2 aromatic rings. The number of oxime groups is 1. The Labute approximate surface area is 122 Å². The number of imidazole rings is 1. The van der Waals surface area contributed by atoms with Gasteiger partial charge in [-0.1, -0.05) is 11.2 Å². The third kappa shape index (κ3) is 3.79. The zero-order valence-corrected chi connectivity index (χ0v) is 11.8. The highest BCUT2D eigenvalue weighted by molar-refractivity contribution is 5.98. The van der Waals surface area contributed by atoms with E-state index < -0.39 is 5.82 Å². The molecule has 0 fully saturated rings. The fraction of sp³-hybridized carbons (Fsp3) is 0.286. The molecule has 0 atom stereocenters. The van der Waals surface area contributed by atoms with Crippen LogP contribution in [0.25, 0.3) is 0 Å². The number of amidine groups is 1. The van der Waals surface area contributed by atoms with Gasteiger partial charge in [-0.2, -0.15) is 0 Å². The number of halogens is 1. The smallest absolute Gasteiger partial charge is 0.170 e. The number of nitrogens with two attached hydrogens (primary N) is 1. The number of aromatic nitrogens is 2.